The lowest BCUT2D eigenvalue weighted by Gasteiger charge is -2.09. The van der Waals surface area contributed by atoms with Crippen LogP contribution in [0.1, 0.15) is 21.5 Å². The Morgan fingerprint density at radius 2 is 1.91 bits per heavy atom. The average Bonchev–Trinajstić information content (AvgIpc) is 2.79. The number of hydrogen-bond donors (Lipinski definition) is 1. The number of hydrazone groups is 1. The lowest BCUT2D eigenvalue weighted by Crippen LogP contribution is -2.17. The van der Waals surface area contributed by atoms with Crippen molar-refractivity contribution in [2.24, 2.45) is 5.10 Å². The van der Waals surface area contributed by atoms with Crippen molar-refractivity contribution in [3.8, 4) is 11.5 Å². The smallest absolute Gasteiger partial charge is 0.271 e. The van der Waals surface area contributed by atoms with Crippen LogP contribution >= 0.6 is 45.2 Å². The van der Waals surface area contributed by atoms with Gasteiger partial charge in [0.15, 0.2) is 0 Å². The summed E-state index contributed by atoms with van der Waals surface area (Å²) in [6.45, 7) is 0.209. The van der Waals surface area contributed by atoms with Crippen molar-refractivity contribution < 1.29 is 19.2 Å². The van der Waals surface area contributed by atoms with E-state index in [4.69, 9.17) is 9.47 Å². The Hall–Kier alpha value is -2.74. The number of halogens is 2. The van der Waals surface area contributed by atoms with Crippen LogP contribution < -0.4 is 14.9 Å². The van der Waals surface area contributed by atoms with E-state index in [0.717, 1.165) is 12.7 Å². The second kappa shape index (κ2) is 11.2. The molecule has 8 nitrogen and oxygen atoms in total. The quantitative estimate of drug-likeness (QED) is 0.156. The second-order valence-electron chi connectivity index (χ2n) is 6.45. The number of amides is 1. The zero-order valence-corrected chi connectivity index (χ0v) is 21.1. The number of non-ortho nitro benzene ring substituents is 1. The topological polar surface area (TPSA) is 103 Å². The van der Waals surface area contributed by atoms with Crippen molar-refractivity contribution in [1.29, 1.82) is 0 Å². The van der Waals surface area contributed by atoms with Crippen LogP contribution in [0.5, 0.6) is 11.5 Å². The van der Waals surface area contributed by atoms with E-state index in [1.807, 2.05) is 6.07 Å². The number of methoxy groups -OCH3 is 1. The molecule has 0 saturated heterocycles. The molecule has 164 valence electrons. The fraction of sp³-hybridized carbons (Fsp3) is 0.0909. The van der Waals surface area contributed by atoms with Gasteiger partial charge in [0.1, 0.15) is 18.1 Å². The molecule has 0 radical (unpaired) electrons. The highest BCUT2D eigenvalue weighted by molar-refractivity contribution is 14.1. The molecular formula is C22H17I2N3O5. The van der Waals surface area contributed by atoms with Gasteiger partial charge in [0, 0.05) is 17.7 Å². The van der Waals surface area contributed by atoms with Gasteiger partial charge in [0.25, 0.3) is 11.6 Å². The summed E-state index contributed by atoms with van der Waals surface area (Å²) in [7, 11) is 1.55. The van der Waals surface area contributed by atoms with E-state index < -0.39 is 4.92 Å². The molecule has 0 atom stereocenters. The first-order valence-electron chi connectivity index (χ1n) is 9.20. The number of ether oxygens (including phenoxy) is 2. The third-order valence-electron chi connectivity index (χ3n) is 4.26. The monoisotopic (exact) mass is 657 g/mol. The van der Waals surface area contributed by atoms with Gasteiger partial charge in [0.05, 0.1) is 25.4 Å². The molecule has 0 heterocycles. The average molecular weight is 657 g/mol. The predicted molar refractivity (Wildman–Crippen MR) is 137 cm³/mol. The van der Waals surface area contributed by atoms with Crippen molar-refractivity contribution in [2.45, 2.75) is 6.61 Å². The summed E-state index contributed by atoms with van der Waals surface area (Å²) < 4.78 is 12.8. The van der Waals surface area contributed by atoms with Gasteiger partial charge in [-0.3, -0.25) is 14.9 Å². The Morgan fingerprint density at radius 1 is 1.09 bits per heavy atom. The number of nitrogens with zero attached hydrogens (tertiary/aromatic N) is 2. The molecule has 10 heteroatoms. The van der Waals surface area contributed by atoms with Crippen LogP contribution in [-0.2, 0) is 6.61 Å². The third-order valence-corrected chi connectivity index (χ3v) is 6.00. The molecule has 0 spiro atoms. The molecule has 1 N–H and O–H groups in total. The molecule has 0 saturated carbocycles. The molecule has 32 heavy (non-hydrogen) atoms. The summed E-state index contributed by atoms with van der Waals surface area (Å²) in [5, 5.41) is 14.9. The minimum Gasteiger partial charge on any atom is -0.496 e. The van der Waals surface area contributed by atoms with Crippen LogP contribution in [0.4, 0.5) is 5.69 Å². The summed E-state index contributed by atoms with van der Waals surface area (Å²) in [6, 6.07) is 16.9. The van der Waals surface area contributed by atoms with Crippen molar-refractivity contribution in [1.82, 2.24) is 5.43 Å². The van der Waals surface area contributed by atoms with Crippen LogP contribution in [0.15, 0.2) is 65.8 Å². The second-order valence-corrected chi connectivity index (χ2v) is 8.78. The highest BCUT2D eigenvalue weighted by Crippen LogP contribution is 2.24. The summed E-state index contributed by atoms with van der Waals surface area (Å²) >= 11 is 4.27. The Kier molecular flexibility index (Phi) is 8.39. The maximum absolute atomic E-state index is 12.3. The number of nitro groups is 1. The fourth-order valence-corrected chi connectivity index (χ4v) is 3.92. The molecule has 0 fully saturated rings. The molecule has 0 unspecified atom stereocenters. The van der Waals surface area contributed by atoms with E-state index in [1.165, 1.54) is 18.3 Å². The Labute approximate surface area is 211 Å². The molecule has 3 aromatic carbocycles. The van der Waals surface area contributed by atoms with Crippen molar-refractivity contribution >= 4 is 63.0 Å². The zero-order valence-electron chi connectivity index (χ0n) is 16.7. The first-order chi connectivity index (χ1) is 15.4. The Bertz CT molecular complexity index is 1180. The van der Waals surface area contributed by atoms with Gasteiger partial charge in [-0.15, -0.1) is 0 Å². The van der Waals surface area contributed by atoms with Crippen molar-refractivity contribution in [3.63, 3.8) is 0 Å². The number of carbonyl (C=O) groups excluding carboxylic acids is 1. The standard InChI is InChI=1S/C22H17I2N3O5/c1-31-21-11-16(6-7-18(21)23)22(28)26-25-12-14-5-8-20(19(24)10-14)32-13-15-3-2-4-17(9-15)27(29)30/h2-12H,13H2,1H3,(H,26,28)/b25-12-. The summed E-state index contributed by atoms with van der Waals surface area (Å²) in [5.41, 5.74) is 4.45. The normalized spacial score (nSPS) is 10.7. The molecular weight excluding hydrogens is 640 g/mol. The van der Waals surface area contributed by atoms with Gasteiger partial charge in [-0.05, 0) is 92.7 Å². The molecule has 3 rings (SSSR count). The molecule has 0 aliphatic rings. The van der Waals surface area contributed by atoms with Gasteiger partial charge < -0.3 is 9.47 Å². The number of nitro benzene ring substituents is 1. The lowest BCUT2D eigenvalue weighted by atomic mass is 10.2. The van der Waals surface area contributed by atoms with E-state index in [-0.39, 0.29) is 18.2 Å². The van der Waals surface area contributed by atoms with Crippen LogP contribution in [0.25, 0.3) is 0 Å². The number of nitrogens with one attached hydrogen (secondary N) is 1. The first-order valence-corrected chi connectivity index (χ1v) is 11.4. The van der Waals surface area contributed by atoms with Gasteiger partial charge in [-0.2, -0.15) is 5.10 Å². The molecule has 0 aliphatic carbocycles. The highest BCUT2D eigenvalue weighted by Gasteiger charge is 2.09. The van der Waals surface area contributed by atoms with E-state index in [9.17, 15) is 14.9 Å². The van der Waals surface area contributed by atoms with E-state index >= 15 is 0 Å². The number of hydrogen-bond acceptors (Lipinski definition) is 6. The largest absolute Gasteiger partial charge is 0.496 e. The maximum Gasteiger partial charge on any atom is 0.271 e. The van der Waals surface area contributed by atoms with E-state index in [0.29, 0.717) is 22.6 Å². The molecule has 0 aliphatic heterocycles. The van der Waals surface area contributed by atoms with Crippen LogP contribution in [0.2, 0.25) is 0 Å². The highest BCUT2D eigenvalue weighted by atomic mass is 127. The van der Waals surface area contributed by atoms with Crippen LogP contribution in [-0.4, -0.2) is 24.2 Å². The first kappa shape index (κ1) is 23.9. The Morgan fingerprint density at radius 3 is 2.62 bits per heavy atom. The zero-order chi connectivity index (χ0) is 23.1. The van der Waals surface area contributed by atoms with Gasteiger partial charge in [-0.1, -0.05) is 12.1 Å². The number of rotatable bonds is 8. The van der Waals surface area contributed by atoms with Crippen LogP contribution in [0.3, 0.4) is 0 Å². The molecule has 1 amide bonds. The van der Waals surface area contributed by atoms with Crippen molar-refractivity contribution in [3.05, 3.63) is 94.6 Å². The van der Waals surface area contributed by atoms with Gasteiger partial charge in [-0.25, -0.2) is 5.43 Å². The SMILES string of the molecule is COc1cc(C(=O)N/N=C\c2ccc(OCc3cccc([N+](=O)[O-])c3)c(I)c2)ccc1I. The van der Waals surface area contributed by atoms with Crippen molar-refractivity contribution in [2.75, 3.05) is 7.11 Å². The lowest BCUT2D eigenvalue weighted by molar-refractivity contribution is -0.384. The summed E-state index contributed by atoms with van der Waals surface area (Å²) in [4.78, 5) is 22.7. The Balaban J connectivity index is 1.60. The van der Waals surface area contributed by atoms with E-state index in [1.54, 1.807) is 49.6 Å². The minimum atomic E-state index is -0.435. The summed E-state index contributed by atoms with van der Waals surface area (Å²) in [5.74, 6) is 0.921. The minimum absolute atomic E-state index is 0.0260. The number of benzene rings is 3. The van der Waals surface area contributed by atoms with Gasteiger partial charge in [0.2, 0.25) is 0 Å². The van der Waals surface area contributed by atoms with E-state index in [2.05, 4.69) is 55.7 Å². The number of carbonyl (C=O) groups is 1. The maximum atomic E-state index is 12.3. The van der Waals surface area contributed by atoms with Gasteiger partial charge >= 0.3 is 0 Å². The summed E-state index contributed by atoms with van der Waals surface area (Å²) in [6.07, 6.45) is 1.54. The van der Waals surface area contributed by atoms with Crippen LogP contribution in [0, 0.1) is 17.3 Å². The molecule has 3 aromatic rings. The molecule has 0 bridgehead atoms. The predicted octanol–water partition coefficient (Wildman–Crippen LogP) is 5.16. The fourth-order valence-electron chi connectivity index (χ4n) is 2.67. The third kappa shape index (κ3) is 6.38. The molecule has 0 aromatic heterocycles.